The molecule has 0 unspecified atom stereocenters. The number of hydrazone groups is 1. The molecule has 0 bridgehead atoms. The second kappa shape index (κ2) is 6.90. The van der Waals surface area contributed by atoms with Crippen molar-refractivity contribution in [1.29, 1.82) is 0 Å². The minimum atomic E-state index is -0.305. The molecule has 1 amide bonds. The molecular weight excluding hydrogens is 288 g/mol. The lowest BCUT2D eigenvalue weighted by atomic mass is 10.2. The van der Waals surface area contributed by atoms with E-state index in [0.717, 1.165) is 4.88 Å². The van der Waals surface area contributed by atoms with E-state index in [2.05, 4.69) is 10.5 Å². The van der Waals surface area contributed by atoms with Crippen LogP contribution >= 0.6 is 11.3 Å². The summed E-state index contributed by atoms with van der Waals surface area (Å²) in [7, 11) is 3.07. The molecule has 1 heterocycles. The van der Waals surface area contributed by atoms with Crippen molar-refractivity contribution in [3.63, 3.8) is 0 Å². The lowest BCUT2D eigenvalue weighted by Crippen LogP contribution is -2.17. The van der Waals surface area contributed by atoms with Crippen LogP contribution < -0.4 is 14.9 Å². The van der Waals surface area contributed by atoms with Gasteiger partial charge in [0, 0.05) is 15.3 Å². The first-order valence-corrected chi connectivity index (χ1v) is 7.07. The Bertz CT molecular complexity index is 665. The third-order valence-electron chi connectivity index (χ3n) is 2.76. The molecule has 110 valence electrons. The molecule has 5 nitrogen and oxygen atoms in total. The molecule has 0 fully saturated rings. The zero-order valence-electron chi connectivity index (χ0n) is 12.0. The Kier molecular flexibility index (Phi) is 4.94. The molecule has 0 aliphatic rings. The van der Waals surface area contributed by atoms with Crippen LogP contribution in [0.15, 0.2) is 35.4 Å². The van der Waals surface area contributed by atoms with Crippen LogP contribution in [0.25, 0.3) is 0 Å². The first-order valence-electron chi connectivity index (χ1n) is 6.26. The summed E-state index contributed by atoms with van der Waals surface area (Å²) in [4.78, 5) is 14.2. The molecule has 6 heteroatoms. The SMILES string of the molecule is COc1ccc(C(=O)N/N=C\c2ccc(C)s2)cc1OC. The second-order valence-electron chi connectivity index (χ2n) is 4.22. The molecule has 1 aromatic heterocycles. The maximum absolute atomic E-state index is 12.0. The van der Waals surface area contributed by atoms with Gasteiger partial charge in [-0.1, -0.05) is 0 Å². The predicted molar refractivity (Wildman–Crippen MR) is 83.7 cm³/mol. The van der Waals surface area contributed by atoms with Gasteiger partial charge < -0.3 is 9.47 Å². The molecule has 0 spiro atoms. The number of thiophene rings is 1. The van der Waals surface area contributed by atoms with Crippen molar-refractivity contribution in [3.8, 4) is 11.5 Å². The number of hydrogen-bond acceptors (Lipinski definition) is 5. The second-order valence-corrected chi connectivity index (χ2v) is 5.54. The molecule has 1 aromatic carbocycles. The fourth-order valence-corrected chi connectivity index (χ4v) is 2.47. The molecule has 0 saturated heterocycles. The number of amides is 1. The molecular formula is C15H16N2O3S. The third kappa shape index (κ3) is 3.82. The van der Waals surface area contributed by atoms with Gasteiger partial charge in [0.15, 0.2) is 11.5 Å². The summed E-state index contributed by atoms with van der Waals surface area (Å²) in [6, 6.07) is 8.90. The van der Waals surface area contributed by atoms with Crippen molar-refractivity contribution in [2.75, 3.05) is 14.2 Å². The average molecular weight is 304 g/mol. The van der Waals surface area contributed by atoms with E-state index in [1.165, 1.54) is 12.0 Å². The number of nitrogens with zero attached hydrogens (tertiary/aromatic N) is 1. The van der Waals surface area contributed by atoms with Crippen LogP contribution in [0.2, 0.25) is 0 Å². The van der Waals surface area contributed by atoms with Gasteiger partial charge in [-0.3, -0.25) is 4.79 Å². The molecule has 0 radical (unpaired) electrons. The summed E-state index contributed by atoms with van der Waals surface area (Å²) >= 11 is 1.61. The van der Waals surface area contributed by atoms with Crippen molar-refractivity contribution in [1.82, 2.24) is 5.43 Å². The summed E-state index contributed by atoms with van der Waals surface area (Å²) in [5, 5.41) is 3.94. The first kappa shape index (κ1) is 15.1. The van der Waals surface area contributed by atoms with Crippen molar-refractivity contribution < 1.29 is 14.3 Å². The third-order valence-corrected chi connectivity index (χ3v) is 3.70. The largest absolute Gasteiger partial charge is 0.493 e. The minimum absolute atomic E-state index is 0.305. The quantitative estimate of drug-likeness (QED) is 0.682. The van der Waals surface area contributed by atoms with E-state index in [9.17, 15) is 4.79 Å². The average Bonchev–Trinajstić information content (AvgIpc) is 2.91. The van der Waals surface area contributed by atoms with Gasteiger partial charge in [0.1, 0.15) is 0 Å². The zero-order valence-corrected chi connectivity index (χ0v) is 12.9. The highest BCUT2D eigenvalue weighted by Gasteiger charge is 2.09. The van der Waals surface area contributed by atoms with E-state index in [-0.39, 0.29) is 5.91 Å². The molecule has 0 aliphatic carbocycles. The number of carbonyl (C=O) groups excluding carboxylic acids is 1. The standard InChI is InChI=1S/C15H16N2O3S/c1-10-4-6-12(21-10)9-16-17-15(18)11-5-7-13(19-2)14(8-11)20-3/h4-9H,1-3H3,(H,17,18)/b16-9-. The Morgan fingerprint density at radius 3 is 2.57 bits per heavy atom. The van der Waals surface area contributed by atoms with E-state index in [4.69, 9.17) is 9.47 Å². The minimum Gasteiger partial charge on any atom is -0.493 e. The predicted octanol–water partition coefficient (Wildman–Crippen LogP) is 2.84. The van der Waals surface area contributed by atoms with Gasteiger partial charge in [0.05, 0.1) is 20.4 Å². The Hall–Kier alpha value is -2.34. The number of nitrogens with one attached hydrogen (secondary N) is 1. The van der Waals surface area contributed by atoms with Gasteiger partial charge in [-0.2, -0.15) is 5.10 Å². The molecule has 0 saturated carbocycles. The van der Waals surface area contributed by atoms with E-state index in [1.807, 2.05) is 19.1 Å². The van der Waals surface area contributed by atoms with E-state index >= 15 is 0 Å². The Morgan fingerprint density at radius 2 is 1.95 bits per heavy atom. The highest BCUT2D eigenvalue weighted by molar-refractivity contribution is 7.13. The summed E-state index contributed by atoms with van der Waals surface area (Å²) < 4.78 is 10.3. The molecule has 2 rings (SSSR count). The number of benzene rings is 1. The summed E-state index contributed by atoms with van der Waals surface area (Å²) in [5.74, 6) is 0.773. The highest BCUT2D eigenvalue weighted by Crippen LogP contribution is 2.27. The monoisotopic (exact) mass is 304 g/mol. The van der Waals surface area contributed by atoms with Crippen molar-refractivity contribution in [2.45, 2.75) is 6.92 Å². The number of methoxy groups -OCH3 is 2. The molecule has 21 heavy (non-hydrogen) atoms. The molecule has 0 aliphatic heterocycles. The lowest BCUT2D eigenvalue weighted by Gasteiger charge is -2.08. The maximum atomic E-state index is 12.0. The van der Waals surface area contributed by atoms with Crippen molar-refractivity contribution in [3.05, 3.63) is 45.6 Å². The molecule has 0 atom stereocenters. The fraction of sp³-hybridized carbons (Fsp3) is 0.200. The van der Waals surface area contributed by atoms with Crippen LogP contribution in [0.4, 0.5) is 0 Å². The first-order chi connectivity index (χ1) is 10.1. The van der Waals surface area contributed by atoms with Crippen LogP contribution in [0.5, 0.6) is 11.5 Å². The van der Waals surface area contributed by atoms with Gasteiger partial charge in [0.25, 0.3) is 5.91 Å². The Morgan fingerprint density at radius 1 is 1.19 bits per heavy atom. The molecule has 2 aromatic rings. The fourth-order valence-electron chi connectivity index (χ4n) is 1.72. The van der Waals surface area contributed by atoms with Gasteiger partial charge in [-0.25, -0.2) is 5.43 Å². The maximum Gasteiger partial charge on any atom is 0.271 e. The normalized spacial score (nSPS) is 10.6. The number of carbonyl (C=O) groups is 1. The summed E-state index contributed by atoms with van der Waals surface area (Å²) in [5.41, 5.74) is 2.94. The molecule has 1 N–H and O–H groups in total. The topological polar surface area (TPSA) is 59.9 Å². The number of hydrogen-bond donors (Lipinski definition) is 1. The summed E-state index contributed by atoms with van der Waals surface area (Å²) in [6.45, 7) is 2.02. The highest BCUT2D eigenvalue weighted by atomic mass is 32.1. The van der Waals surface area contributed by atoms with Crippen LogP contribution in [-0.4, -0.2) is 26.3 Å². The number of rotatable bonds is 5. The van der Waals surface area contributed by atoms with Crippen LogP contribution in [0, 0.1) is 6.92 Å². The zero-order chi connectivity index (χ0) is 15.2. The number of aryl methyl sites for hydroxylation is 1. The smallest absolute Gasteiger partial charge is 0.271 e. The van der Waals surface area contributed by atoms with E-state index < -0.39 is 0 Å². The van der Waals surface area contributed by atoms with Crippen molar-refractivity contribution >= 4 is 23.5 Å². The van der Waals surface area contributed by atoms with Gasteiger partial charge >= 0.3 is 0 Å². The van der Waals surface area contributed by atoms with Crippen LogP contribution in [0.3, 0.4) is 0 Å². The van der Waals surface area contributed by atoms with Gasteiger partial charge in [-0.05, 0) is 37.3 Å². The van der Waals surface area contributed by atoms with Crippen LogP contribution in [-0.2, 0) is 0 Å². The number of ether oxygens (including phenoxy) is 2. The van der Waals surface area contributed by atoms with Gasteiger partial charge in [-0.15, -0.1) is 11.3 Å². The van der Waals surface area contributed by atoms with E-state index in [1.54, 1.807) is 42.9 Å². The Balaban J connectivity index is 2.05. The van der Waals surface area contributed by atoms with Crippen LogP contribution in [0.1, 0.15) is 20.1 Å². The Labute approximate surface area is 127 Å². The lowest BCUT2D eigenvalue weighted by molar-refractivity contribution is 0.0954. The summed E-state index contributed by atoms with van der Waals surface area (Å²) in [6.07, 6.45) is 1.62. The van der Waals surface area contributed by atoms with Gasteiger partial charge in [0.2, 0.25) is 0 Å². The van der Waals surface area contributed by atoms with E-state index in [0.29, 0.717) is 17.1 Å². The van der Waals surface area contributed by atoms with Crippen molar-refractivity contribution in [2.24, 2.45) is 5.10 Å².